The van der Waals surface area contributed by atoms with Gasteiger partial charge in [0, 0.05) is 18.7 Å². The number of hydrogen-bond acceptors (Lipinski definition) is 4. The van der Waals surface area contributed by atoms with Crippen LogP contribution in [0.15, 0.2) is 18.2 Å². The van der Waals surface area contributed by atoms with Crippen molar-refractivity contribution in [1.29, 1.82) is 0 Å². The summed E-state index contributed by atoms with van der Waals surface area (Å²) in [5, 5.41) is 10.7. The number of nitro benzene ring substituents is 1. The lowest BCUT2D eigenvalue weighted by Gasteiger charge is -2.15. The molecule has 0 atom stereocenters. The molecule has 0 N–H and O–H groups in total. The van der Waals surface area contributed by atoms with Crippen molar-refractivity contribution < 1.29 is 14.5 Å². The topological polar surface area (TPSA) is 80.5 Å². The van der Waals surface area contributed by atoms with Crippen LogP contribution >= 0.6 is 0 Å². The lowest BCUT2D eigenvalue weighted by atomic mass is 10.1. The molecule has 0 saturated carbocycles. The highest BCUT2D eigenvalue weighted by molar-refractivity contribution is 6.52. The molecule has 1 aliphatic heterocycles. The van der Waals surface area contributed by atoms with Crippen LogP contribution in [-0.4, -0.2) is 23.2 Å². The van der Waals surface area contributed by atoms with Crippen molar-refractivity contribution in [3.05, 3.63) is 33.9 Å². The minimum absolute atomic E-state index is 0.139. The number of ketones is 1. The highest BCUT2D eigenvalue weighted by atomic mass is 16.6. The Bertz CT molecular complexity index is 568. The van der Waals surface area contributed by atoms with Crippen molar-refractivity contribution in [2.24, 2.45) is 0 Å². The van der Waals surface area contributed by atoms with Crippen LogP contribution in [0.5, 0.6) is 0 Å². The Balaban J connectivity index is 2.20. The highest BCUT2D eigenvalue weighted by Gasteiger charge is 2.36. The zero-order valence-electron chi connectivity index (χ0n) is 11.3. The maximum Gasteiger partial charge on any atom is 0.299 e. The maximum absolute atomic E-state index is 11.9. The first-order chi connectivity index (χ1) is 9.56. The summed E-state index contributed by atoms with van der Waals surface area (Å²) in [4.78, 5) is 35.3. The molecule has 1 aliphatic rings. The molecular formula is C14H16N2O4. The van der Waals surface area contributed by atoms with Gasteiger partial charge in [-0.25, -0.2) is 0 Å². The quantitative estimate of drug-likeness (QED) is 0.346. The third-order valence-corrected chi connectivity index (χ3v) is 3.40. The Labute approximate surface area is 116 Å². The number of unbranched alkanes of at least 4 members (excludes halogenated alkanes) is 3. The molecule has 0 saturated heterocycles. The van der Waals surface area contributed by atoms with Crippen molar-refractivity contribution in [2.45, 2.75) is 32.6 Å². The van der Waals surface area contributed by atoms with Crippen LogP contribution in [0.3, 0.4) is 0 Å². The number of nitrogens with zero attached hydrogens (tertiary/aromatic N) is 2. The fourth-order valence-electron chi connectivity index (χ4n) is 2.32. The number of fused-ring (bicyclic) bond motifs is 1. The predicted molar refractivity (Wildman–Crippen MR) is 73.9 cm³/mol. The number of anilines is 1. The monoisotopic (exact) mass is 276 g/mol. The van der Waals surface area contributed by atoms with Crippen molar-refractivity contribution in [1.82, 2.24) is 0 Å². The van der Waals surface area contributed by atoms with Crippen LogP contribution in [0.1, 0.15) is 43.0 Å². The van der Waals surface area contributed by atoms with Gasteiger partial charge in [0.15, 0.2) is 0 Å². The summed E-state index contributed by atoms with van der Waals surface area (Å²) in [5.74, 6) is -1.24. The summed E-state index contributed by atoms with van der Waals surface area (Å²) in [6, 6.07) is 3.99. The normalized spacial score (nSPS) is 13.8. The van der Waals surface area contributed by atoms with Gasteiger partial charge in [0.1, 0.15) is 0 Å². The minimum Gasteiger partial charge on any atom is -0.305 e. The van der Waals surface area contributed by atoms with Gasteiger partial charge in [0.05, 0.1) is 16.2 Å². The number of rotatable bonds is 6. The second-order valence-electron chi connectivity index (χ2n) is 4.81. The van der Waals surface area contributed by atoms with E-state index in [1.165, 1.54) is 23.1 Å². The number of Topliss-reactive ketones (excluding diaryl/α,β-unsaturated/α-hetero) is 1. The Hall–Kier alpha value is -2.24. The summed E-state index contributed by atoms with van der Waals surface area (Å²) >= 11 is 0. The van der Waals surface area contributed by atoms with E-state index in [-0.39, 0.29) is 11.3 Å². The van der Waals surface area contributed by atoms with E-state index in [2.05, 4.69) is 6.92 Å². The first-order valence-corrected chi connectivity index (χ1v) is 6.71. The molecule has 2 rings (SSSR count). The Morgan fingerprint density at radius 1 is 1.20 bits per heavy atom. The molecule has 0 spiro atoms. The Morgan fingerprint density at radius 2 is 1.95 bits per heavy atom. The van der Waals surface area contributed by atoms with Gasteiger partial charge in [-0.15, -0.1) is 0 Å². The first kappa shape index (κ1) is 14.2. The number of nitro groups is 1. The van der Waals surface area contributed by atoms with Crippen LogP contribution in [0, 0.1) is 10.1 Å². The lowest BCUT2D eigenvalue weighted by Crippen LogP contribution is -2.30. The molecule has 1 aromatic rings. The van der Waals surface area contributed by atoms with Crippen LogP contribution in [0.25, 0.3) is 0 Å². The molecule has 1 aromatic carbocycles. The molecular weight excluding hydrogens is 260 g/mol. The van der Waals surface area contributed by atoms with E-state index >= 15 is 0 Å². The SMILES string of the molecule is CCCCCCN1C(=O)C(=O)c2cc([N+](=O)[O-])ccc21. The van der Waals surface area contributed by atoms with Gasteiger partial charge in [-0.3, -0.25) is 19.7 Å². The Kier molecular flexibility index (Phi) is 4.12. The van der Waals surface area contributed by atoms with Gasteiger partial charge in [-0.1, -0.05) is 26.2 Å². The summed E-state index contributed by atoms with van der Waals surface area (Å²) in [6.07, 6.45) is 4.00. The van der Waals surface area contributed by atoms with E-state index in [1.54, 1.807) is 0 Å². The fourth-order valence-corrected chi connectivity index (χ4v) is 2.32. The number of hydrogen-bond donors (Lipinski definition) is 0. The van der Waals surface area contributed by atoms with Crippen LogP contribution in [0.4, 0.5) is 11.4 Å². The number of amides is 1. The van der Waals surface area contributed by atoms with E-state index in [0.29, 0.717) is 12.2 Å². The number of carbonyl (C=O) groups excluding carboxylic acids is 2. The molecule has 0 fully saturated rings. The lowest BCUT2D eigenvalue weighted by molar-refractivity contribution is -0.384. The summed E-state index contributed by atoms with van der Waals surface area (Å²) in [6.45, 7) is 2.58. The summed E-state index contributed by atoms with van der Waals surface area (Å²) in [5.41, 5.74) is 0.458. The molecule has 1 amide bonds. The number of benzene rings is 1. The third-order valence-electron chi connectivity index (χ3n) is 3.40. The van der Waals surface area contributed by atoms with Crippen LogP contribution in [-0.2, 0) is 4.79 Å². The van der Waals surface area contributed by atoms with Crippen LogP contribution < -0.4 is 4.90 Å². The van der Waals surface area contributed by atoms with Crippen molar-refractivity contribution in [3.8, 4) is 0 Å². The van der Waals surface area contributed by atoms with Gasteiger partial charge in [-0.2, -0.15) is 0 Å². The molecule has 106 valence electrons. The average molecular weight is 276 g/mol. The van der Waals surface area contributed by atoms with Crippen molar-refractivity contribution >= 4 is 23.1 Å². The smallest absolute Gasteiger partial charge is 0.299 e. The van der Waals surface area contributed by atoms with Gasteiger partial charge in [-0.05, 0) is 12.5 Å². The fraction of sp³-hybridized carbons (Fsp3) is 0.429. The second kappa shape index (κ2) is 5.81. The van der Waals surface area contributed by atoms with Gasteiger partial charge >= 0.3 is 0 Å². The van der Waals surface area contributed by atoms with Gasteiger partial charge in [0.2, 0.25) is 0 Å². The van der Waals surface area contributed by atoms with E-state index in [4.69, 9.17) is 0 Å². The molecule has 0 aromatic heterocycles. The maximum atomic E-state index is 11.9. The molecule has 0 unspecified atom stereocenters. The summed E-state index contributed by atoms with van der Waals surface area (Å²) < 4.78 is 0. The van der Waals surface area contributed by atoms with E-state index in [0.717, 1.165) is 25.7 Å². The Morgan fingerprint density at radius 3 is 2.60 bits per heavy atom. The second-order valence-corrected chi connectivity index (χ2v) is 4.81. The summed E-state index contributed by atoms with van der Waals surface area (Å²) in [7, 11) is 0. The number of carbonyl (C=O) groups is 2. The van der Waals surface area contributed by atoms with E-state index in [9.17, 15) is 19.7 Å². The molecule has 20 heavy (non-hydrogen) atoms. The third kappa shape index (κ3) is 2.54. The van der Waals surface area contributed by atoms with Gasteiger partial charge < -0.3 is 4.90 Å². The van der Waals surface area contributed by atoms with Crippen molar-refractivity contribution in [3.63, 3.8) is 0 Å². The molecule has 0 aliphatic carbocycles. The minimum atomic E-state index is -0.654. The van der Waals surface area contributed by atoms with E-state index in [1.807, 2.05) is 0 Å². The highest BCUT2D eigenvalue weighted by Crippen LogP contribution is 2.32. The molecule has 6 nitrogen and oxygen atoms in total. The number of non-ortho nitro benzene ring substituents is 1. The zero-order chi connectivity index (χ0) is 14.7. The first-order valence-electron chi connectivity index (χ1n) is 6.71. The zero-order valence-corrected chi connectivity index (χ0v) is 11.3. The predicted octanol–water partition coefficient (Wildman–Crippen LogP) is 2.70. The molecule has 6 heteroatoms. The molecule has 0 bridgehead atoms. The van der Waals surface area contributed by atoms with Crippen LogP contribution in [0.2, 0.25) is 0 Å². The van der Waals surface area contributed by atoms with Crippen molar-refractivity contribution in [2.75, 3.05) is 11.4 Å². The molecule has 1 heterocycles. The van der Waals surface area contributed by atoms with Gasteiger partial charge in [0.25, 0.3) is 17.4 Å². The molecule has 0 radical (unpaired) electrons. The average Bonchev–Trinajstić information content (AvgIpc) is 2.67. The largest absolute Gasteiger partial charge is 0.305 e. The van der Waals surface area contributed by atoms with E-state index < -0.39 is 16.6 Å². The standard InChI is InChI=1S/C14H16N2O4/c1-2-3-4-5-8-15-12-7-6-10(16(19)20)9-11(12)13(17)14(15)18/h6-7,9H,2-5,8H2,1H3.